The quantitative estimate of drug-likeness (QED) is 0.737. The van der Waals surface area contributed by atoms with Crippen LogP contribution in [0.2, 0.25) is 0 Å². The smallest absolute Gasteiger partial charge is 0.0843 e. The molecule has 1 spiro atoms. The lowest BCUT2D eigenvalue weighted by Gasteiger charge is -2.50. The Bertz CT molecular complexity index is 251. The summed E-state index contributed by atoms with van der Waals surface area (Å²) in [5.74, 6) is 2.59. The topological polar surface area (TPSA) is 21.3 Å². The highest BCUT2D eigenvalue weighted by Crippen LogP contribution is 2.48. The molecule has 0 aromatic carbocycles. The van der Waals surface area contributed by atoms with E-state index in [1.54, 1.807) is 0 Å². The van der Waals surface area contributed by atoms with Crippen LogP contribution in [0.1, 0.15) is 46.0 Å². The Hall–Kier alpha value is -0.0800. The van der Waals surface area contributed by atoms with Crippen LogP contribution < -0.4 is 5.32 Å². The third kappa shape index (κ3) is 1.91. The highest BCUT2D eigenvalue weighted by atomic mass is 16.5. The van der Waals surface area contributed by atoms with Crippen LogP contribution in [0.5, 0.6) is 0 Å². The molecular weight excluding hydrogens is 198 g/mol. The van der Waals surface area contributed by atoms with Gasteiger partial charge in [-0.1, -0.05) is 13.8 Å². The SMILES string of the molecule is CC1CC(C)CC2(C1)OCCNC2C1CC1. The molecule has 1 heterocycles. The molecule has 0 radical (unpaired) electrons. The van der Waals surface area contributed by atoms with Crippen LogP contribution >= 0.6 is 0 Å². The zero-order valence-corrected chi connectivity index (χ0v) is 10.7. The molecule has 1 aliphatic heterocycles. The van der Waals surface area contributed by atoms with Gasteiger partial charge in [-0.2, -0.15) is 0 Å². The Morgan fingerprint density at radius 1 is 1.12 bits per heavy atom. The summed E-state index contributed by atoms with van der Waals surface area (Å²) >= 11 is 0. The molecule has 0 aromatic rings. The first-order valence-electron chi connectivity index (χ1n) is 7.07. The van der Waals surface area contributed by atoms with Crippen molar-refractivity contribution in [3.63, 3.8) is 0 Å². The van der Waals surface area contributed by atoms with E-state index in [1.165, 1.54) is 32.1 Å². The van der Waals surface area contributed by atoms with Gasteiger partial charge in [0.25, 0.3) is 0 Å². The van der Waals surface area contributed by atoms with E-state index in [9.17, 15) is 0 Å². The lowest BCUT2D eigenvalue weighted by molar-refractivity contribution is -0.140. The van der Waals surface area contributed by atoms with E-state index in [-0.39, 0.29) is 5.60 Å². The summed E-state index contributed by atoms with van der Waals surface area (Å²) in [6.07, 6.45) is 6.80. The Kier molecular flexibility index (Phi) is 2.75. The molecule has 92 valence electrons. The second-order valence-corrected chi connectivity index (χ2v) is 6.54. The van der Waals surface area contributed by atoms with Gasteiger partial charge in [-0.3, -0.25) is 0 Å². The monoisotopic (exact) mass is 223 g/mol. The van der Waals surface area contributed by atoms with Crippen LogP contribution in [0.15, 0.2) is 0 Å². The Balaban J connectivity index is 1.81. The van der Waals surface area contributed by atoms with Crippen LogP contribution in [0.3, 0.4) is 0 Å². The van der Waals surface area contributed by atoms with Gasteiger partial charge in [0, 0.05) is 12.6 Å². The van der Waals surface area contributed by atoms with Crippen molar-refractivity contribution in [1.29, 1.82) is 0 Å². The van der Waals surface area contributed by atoms with Gasteiger partial charge in [0.05, 0.1) is 12.2 Å². The summed E-state index contributed by atoms with van der Waals surface area (Å²) in [5.41, 5.74) is 0.191. The Labute approximate surface area is 99.1 Å². The molecule has 3 unspecified atom stereocenters. The van der Waals surface area contributed by atoms with E-state index in [2.05, 4.69) is 19.2 Å². The average molecular weight is 223 g/mol. The maximum absolute atomic E-state index is 6.30. The van der Waals surface area contributed by atoms with E-state index in [0.29, 0.717) is 6.04 Å². The van der Waals surface area contributed by atoms with Crippen LogP contribution in [0.4, 0.5) is 0 Å². The minimum atomic E-state index is 0.191. The van der Waals surface area contributed by atoms with Crippen molar-refractivity contribution in [3.8, 4) is 0 Å². The van der Waals surface area contributed by atoms with E-state index in [0.717, 1.165) is 30.9 Å². The number of ether oxygens (including phenoxy) is 1. The first-order chi connectivity index (χ1) is 7.70. The number of hydrogen-bond donors (Lipinski definition) is 1. The summed E-state index contributed by atoms with van der Waals surface area (Å²) in [6, 6.07) is 0.659. The third-order valence-corrected chi connectivity index (χ3v) is 4.71. The highest BCUT2D eigenvalue weighted by molar-refractivity contribution is 5.06. The first kappa shape index (κ1) is 11.0. The summed E-state index contributed by atoms with van der Waals surface area (Å²) in [4.78, 5) is 0. The predicted octanol–water partition coefficient (Wildman–Crippen LogP) is 2.58. The minimum Gasteiger partial charge on any atom is -0.372 e. The Morgan fingerprint density at radius 3 is 2.44 bits per heavy atom. The van der Waals surface area contributed by atoms with Gasteiger partial charge in [-0.15, -0.1) is 0 Å². The number of morpholine rings is 1. The van der Waals surface area contributed by atoms with Crippen molar-refractivity contribution in [2.24, 2.45) is 17.8 Å². The fourth-order valence-corrected chi connectivity index (χ4v) is 4.26. The molecule has 2 aliphatic carbocycles. The molecular formula is C14H25NO. The number of rotatable bonds is 1. The summed E-state index contributed by atoms with van der Waals surface area (Å²) in [6.45, 7) is 6.78. The Morgan fingerprint density at radius 2 is 1.81 bits per heavy atom. The fourth-order valence-electron chi connectivity index (χ4n) is 4.26. The van der Waals surface area contributed by atoms with Gasteiger partial charge in [0.15, 0.2) is 0 Å². The van der Waals surface area contributed by atoms with Gasteiger partial charge in [-0.25, -0.2) is 0 Å². The summed E-state index contributed by atoms with van der Waals surface area (Å²) < 4.78 is 6.30. The second-order valence-electron chi connectivity index (χ2n) is 6.54. The van der Waals surface area contributed by atoms with Gasteiger partial charge in [-0.05, 0) is 49.9 Å². The number of hydrogen-bond acceptors (Lipinski definition) is 2. The zero-order chi connectivity index (χ0) is 11.2. The van der Waals surface area contributed by atoms with E-state index >= 15 is 0 Å². The maximum Gasteiger partial charge on any atom is 0.0843 e. The highest BCUT2D eigenvalue weighted by Gasteiger charge is 2.51. The minimum absolute atomic E-state index is 0.191. The van der Waals surface area contributed by atoms with Crippen molar-refractivity contribution in [1.82, 2.24) is 5.32 Å². The van der Waals surface area contributed by atoms with E-state index in [4.69, 9.17) is 4.74 Å². The zero-order valence-electron chi connectivity index (χ0n) is 10.7. The van der Waals surface area contributed by atoms with Crippen molar-refractivity contribution in [3.05, 3.63) is 0 Å². The van der Waals surface area contributed by atoms with Gasteiger partial charge in [0.2, 0.25) is 0 Å². The molecule has 1 saturated heterocycles. The van der Waals surface area contributed by atoms with Gasteiger partial charge in [0.1, 0.15) is 0 Å². The van der Waals surface area contributed by atoms with Crippen molar-refractivity contribution in [2.75, 3.05) is 13.2 Å². The van der Waals surface area contributed by atoms with Crippen LogP contribution in [-0.4, -0.2) is 24.8 Å². The van der Waals surface area contributed by atoms with E-state index in [1.807, 2.05) is 0 Å². The standard InChI is InChI=1S/C14H25NO/c1-10-7-11(2)9-14(8-10)13(12-3-4-12)15-5-6-16-14/h10-13,15H,3-9H2,1-2H3. The maximum atomic E-state index is 6.30. The first-order valence-corrected chi connectivity index (χ1v) is 7.07. The molecule has 3 fully saturated rings. The lowest BCUT2D eigenvalue weighted by atomic mass is 9.69. The number of nitrogens with one attached hydrogen (secondary N) is 1. The van der Waals surface area contributed by atoms with Crippen molar-refractivity contribution >= 4 is 0 Å². The molecule has 3 atom stereocenters. The lowest BCUT2D eigenvalue weighted by Crippen LogP contribution is -2.61. The average Bonchev–Trinajstić information content (AvgIpc) is 2.99. The van der Waals surface area contributed by atoms with Crippen LogP contribution in [0.25, 0.3) is 0 Å². The molecule has 2 saturated carbocycles. The largest absolute Gasteiger partial charge is 0.372 e. The third-order valence-electron chi connectivity index (χ3n) is 4.71. The summed E-state index contributed by atoms with van der Waals surface area (Å²) in [5, 5.41) is 3.76. The van der Waals surface area contributed by atoms with Gasteiger partial charge >= 0.3 is 0 Å². The van der Waals surface area contributed by atoms with Crippen molar-refractivity contribution < 1.29 is 4.74 Å². The van der Waals surface area contributed by atoms with Crippen LogP contribution in [-0.2, 0) is 4.74 Å². The summed E-state index contributed by atoms with van der Waals surface area (Å²) in [7, 11) is 0. The van der Waals surface area contributed by atoms with E-state index < -0.39 is 0 Å². The normalized spacial score (nSPS) is 49.5. The molecule has 3 aliphatic rings. The molecule has 2 nitrogen and oxygen atoms in total. The molecule has 0 bridgehead atoms. The molecule has 0 aromatic heterocycles. The molecule has 1 N–H and O–H groups in total. The predicted molar refractivity (Wildman–Crippen MR) is 65.4 cm³/mol. The second kappa shape index (κ2) is 3.99. The molecule has 0 amide bonds. The van der Waals surface area contributed by atoms with Crippen LogP contribution in [0, 0.1) is 17.8 Å². The van der Waals surface area contributed by atoms with Crippen molar-refractivity contribution in [2.45, 2.75) is 57.6 Å². The fraction of sp³-hybridized carbons (Fsp3) is 1.00. The van der Waals surface area contributed by atoms with Gasteiger partial charge < -0.3 is 10.1 Å². The molecule has 2 heteroatoms. The molecule has 16 heavy (non-hydrogen) atoms. The molecule has 3 rings (SSSR count).